The minimum Gasteiger partial charge on any atom is -0.726 e. The third-order valence-corrected chi connectivity index (χ3v) is 3.31. The van der Waals surface area contributed by atoms with Crippen LogP contribution in [0.2, 0.25) is 0 Å². The Morgan fingerprint density at radius 3 is 1.64 bits per heavy atom. The Morgan fingerprint density at radius 1 is 0.955 bits per heavy atom. The van der Waals surface area contributed by atoms with Crippen LogP contribution < -0.4 is 35.3 Å². The van der Waals surface area contributed by atoms with Crippen molar-refractivity contribution in [2.75, 3.05) is 19.8 Å². The second-order valence-corrected chi connectivity index (χ2v) is 5.98. The molecule has 0 bridgehead atoms. The van der Waals surface area contributed by atoms with Gasteiger partial charge in [0.2, 0.25) is 10.4 Å². The molecular weight excluding hydrogens is 317 g/mol. The van der Waals surface area contributed by atoms with E-state index < -0.39 is 10.4 Å². The van der Waals surface area contributed by atoms with E-state index in [1.165, 1.54) is 44.9 Å². The number of nitrogens with two attached hydrogens (primary N) is 1. The first kappa shape index (κ1) is 27.6. The Bertz CT molecular complexity index is 287. The van der Waals surface area contributed by atoms with Gasteiger partial charge in [-0.1, -0.05) is 64.7 Å². The van der Waals surface area contributed by atoms with Crippen LogP contribution >= 0.6 is 0 Å². The van der Waals surface area contributed by atoms with Gasteiger partial charge in [-0.3, -0.25) is 4.18 Å². The van der Waals surface area contributed by atoms with Gasteiger partial charge in [-0.15, -0.1) is 0 Å². The summed E-state index contributed by atoms with van der Waals surface area (Å²) in [6, 6.07) is 0. The van der Waals surface area contributed by atoms with Gasteiger partial charge in [-0.2, -0.15) is 0 Å². The Morgan fingerprint density at radius 2 is 1.32 bits per heavy atom. The number of rotatable bonds is 13. The molecule has 130 valence electrons. The fourth-order valence-electron chi connectivity index (χ4n) is 1.75. The van der Waals surface area contributed by atoms with Crippen molar-refractivity contribution < 1.29 is 51.8 Å². The molecule has 6 nitrogen and oxygen atoms in total. The number of aliphatic hydroxyl groups is 1. The maximum Gasteiger partial charge on any atom is 1.00 e. The molecule has 0 aliphatic carbocycles. The molecule has 0 radical (unpaired) electrons. The number of unbranched alkanes of at least 4 members (excludes halogenated alkanes) is 9. The van der Waals surface area contributed by atoms with Gasteiger partial charge < -0.3 is 15.4 Å². The summed E-state index contributed by atoms with van der Waals surface area (Å²) in [6.45, 7) is 2.71. The molecule has 0 aromatic rings. The zero-order valence-electron chi connectivity index (χ0n) is 14.3. The van der Waals surface area contributed by atoms with E-state index in [0.29, 0.717) is 13.0 Å². The second-order valence-electron chi connectivity index (χ2n) is 4.92. The average molecular weight is 349 g/mol. The van der Waals surface area contributed by atoms with Crippen LogP contribution in [0.15, 0.2) is 0 Å². The standard InChI is InChI=1S/C12H26O4S.C2H7NO.Na/c1-2-3-4-5-6-7-8-9-10-11-12-16-17(13,14)15;3-1-2-4;/h2-12H2,1H3,(H,13,14,15);4H,1-3H2;/q;;+1/p-1. The molecule has 0 atom stereocenters. The largest absolute Gasteiger partial charge is 1.00 e. The van der Waals surface area contributed by atoms with Crippen molar-refractivity contribution in [1.82, 2.24) is 0 Å². The van der Waals surface area contributed by atoms with Crippen LogP contribution in [-0.4, -0.2) is 37.8 Å². The molecule has 0 aromatic heterocycles. The molecule has 22 heavy (non-hydrogen) atoms. The van der Waals surface area contributed by atoms with Gasteiger partial charge in [0.05, 0.1) is 13.2 Å². The van der Waals surface area contributed by atoms with E-state index in [9.17, 15) is 13.0 Å². The summed E-state index contributed by atoms with van der Waals surface area (Å²) in [4.78, 5) is 0. The van der Waals surface area contributed by atoms with E-state index in [0.717, 1.165) is 12.8 Å². The minimum absolute atomic E-state index is 0. The van der Waals surface area contributed by atoms with Crippen molar-refractivity contribution in [1.29, 1.82) is 0 Å². The topological polar surface area (TPSA) is 113 Å². The molecule has 0 unspecified atom stereocenters. The van der Waals surface area contributed by atoms with E-state index >= 15 is 0 Å². The van der Waals surface area contributed by atoms with Crippen LogP contribution in [0, 0.1) is 0 Å². The SMILES string of the molecule is CCCCCCCCCCCCOS(=O)(=O)[O-].NCCO.[Na+]. The predicted molar refractivity (Wildman–Crippen MR) is 83.6 cm³/mol. The van der Waals surface area contributed by atoms with Crippen molar-refractivity contribution in [2.45, 2.75) is 71.1 Å². The minimum atomic E-state index is -4.48. The molecule has 0 rings (SSSR count). The van der Waals surface area contributed by atoms with E-state index in [1.807, 2.05) is 0 Å². The number of aliphatic hydroxyl groups excluding tert-OH is 1. The molecule has 0 heterocycles. The molecule has 0 aliphatic heterocycles. The fraction of sp³-hybridized carbons (Fsp3) is 1.00. The van der Waals surface area contributed by atoms with Gasteiger partial charge in [0.25, 0.3) is 0 Å². The van der Waals surface area contributed by atoms with Crippen molar-refractivity contribution in [3.8, 4) is 0 Å². The maximum atomic E-state index is 10.1. The molecule has 0 spiro atoms. The van der Waals surface area contributed by atoms with Crippen LogP contribution in [0.25, 0.3) is 0 Å². The van der Waals surface area contributed by atoms with Gasteiger partial charge in [-0.25, -0.2) is 8.42 Å². The summed E-state index contributed by atoms with van der Waals surface area (Å²) in [5, 5.41) is 7.75. The summed E-state index contributed by atoms with van der Waals surface area (Å²) < 4.78 is 34.5. The van der Waals surface area contributed by atoms with Crippen LogP contribution in [0.4, 0.5) is 0 Å². The summed E-state index contributed by atoms with van der Waals surface area (Å²) in [5.41, 5.74) is 4.78. The first-order valence-corrected chi connectivity index (χ1v) is 9.22. The zero-order chi connectivity index (χ0) is 16.4. The zero-order valence-corrected chi connectivity index (χ0v) is 17.1. The molecule has 0 saturated heterocycles. The maximum absolute atomic E-state index is 10.1. The molecule has 0 saturated carbocycles. The van der Waals surface area contributed by atoms with Gasteiger partial charge in [0.15, 0.2) is 0 Å². The Hall–Kier alpha value is 0.790. The van der Waals surface area contributed by atoms with Crippen molar-refractivity contribution in [3.05, 3.63) is 0 Å². The molecule has 0 fully saturated rings. The van der Waals surface area contributed by atoms with Crippen LogP contribution in [0.5, 0.6) is 0 Å². The van der Waals surface area contributed by atoms with Crippen LogP contribution in [0.3, 0.4) is 0 Å². The molecular formula is C14H32NNaO5S. The fourth-order valence-corrected chi connectivity index (χ4v) is 2.07. The third-order valence-electron chi connectivity index (χ3n) is 2.85. The van der Waals surface area contributed by atoms with E-state index in [2.05, 4.69) is 11.1 Å². The Labute approximate surface area is 158 Å². The van der Waals surface area contributed by atoms with Gasteiger partial charge >= 0.3 is 29.6 Å². The van der Waals surface area contributed by atoms with E-state index in [4.69, 9.17) is 10.8 Å². The smallest absolute Gasteiger partial charge is 0.726 e. The summed E-state index contributed by atoms with van der Waals surface area (Å²) in [7, 11) is -4.48. The van der Waals surface area contributed by atoms with Gasteiger partial charge in [0, 0.05) is 6.54 Å². The quantitative estimate of drug-likeness (QED) is 0.197. The molecule has 8 heteroatoms. The third kappa shape index (κ3) is 32.7. The Balaban J connectivity index is -0.000000640. The molecule has 0 amide bonds. The first-order chi connectivity index (χ1) is 9.97. The van der Waals surface area contributed by atoms with Gasteiger partial charge in [0.1, 0.15) is 0 Å². The summed E-state index contributed by atoms with van der Waals surface area (Å²) in [5.74, 6) is 0. The van der Waals surface area contributed by atoms with E-state index in [-0.39, 0.29) is 42.8 Å². The molecule has 0 aromatic carbocycles. The Kier molecular flexibility index (Phi) is 27.4. The van der Waals surface area contributed by atoms with Crippen molar-refractivity contribution in [2.24, 2.45) is 5.73 Å². The van der Waals surface area contributed by atoms with Crippen molar-refractivity contribution >= 4 is 10.4 Å². The molecule has 3 N–H and O–H groups in total. The normalized spacial score (nSPS) is 10.5. The van der Waals surface area contributed by atoms with Crippen LogP contribution in [-0.2, 0) is 14.6 Å². The van der Waals surface area contributed by atoms with Gasteiger partial charge in [-0.05, 0) is 6.42 Å². The predicted octanol–water partition coefficient (Wildman–Crippen LogP) is -0.674. The average Bonchev–Trinajstić information content (AvgIpc) is 2.44. The second kappa shape index (κ2) is 21.8. The number of hydrogen-bond donors (Lipinski definition) is 2. The van der Waals surface area contributed by atoms with E-state index in [1.54, 1.807) is 0 Å². The first-order valence-electron chi connectivity index (χ1n) is 7.89. The monoisotopic (exact) mass is 349 g/mol. The van der Waals surface area contributed by atoms with Crippen molar-refractivity contribution in [3.63, 3.8) is 0 Å². The number of hydrogen-bond acceptors (Lipinski definition) is 6. The van der Waals surface area contributed by atoms with Crippen LogP contribution in [0.1, 0.15) is 71.1 Å². The summed E-state index contributed by atoms with van der Waals surface area (Å²) in [6.07, 6.45) is 11.7. The summed E-state index contributed by atoms with van der Waals surface area (Å²) >= 11 is 0. The molecule has 0 aliphatic rings.